The fourth-order valence-corrected chi connectivity index (χ4v) is 3.53. The van der Waals surface area contributed by atoms with Crippen molar-refractivity contribution in [2.75, 3.05) is 0 Å². The topological polar surface area (TPSA) is 29.5 Å². The van der Waals surface area contributed by atoms with Gasteiger partial charge in [-0.25, -0.2) is 0 Å². The minimum absolute atomic E-state index is 0.195. The van der Waals surface area contributed by atoms with Crippen LogP contribution in [0.25, 0.3) is 5.57 Å². The Balaban J connectivity index is 2.24. The van der Waals surface area contributed by atoms with Crippen molar-refractivity contribution in [1.82, 2.24) is 0 Å². The molecule has 0 spiro atoms. The molecule has 0 saturated carbocycles. The molecular weight excluding hydrogens is 236 g/mol. The number of hydrogen-bond acceptors (Lipinski definition) is 2. The summed E-state index contributed by atoms with van der Waals surface area (Å²) in [7, 11) is 0. The van der Waals surface area contributed by atoms with E-state index in [1.54, 1.807) is 0 Å². The standard InChI is InChI=1S/C17H22O2/c1-10-5-6-13-12(7-10)16-14(18)8-11(2)9-15(16)19-17(13,3)4/h7-10,13,18H,5-6H2,1-4H3/t10-,13?/m0/s1. The summed E-state index contributed by atoms with van der Waals surface area (Å²) in [6, 6.07) is 3.87. The highest BCUT2D eigenvalue weighted by Gasteiger charge is 2.42. The van der Waals surface area contributed by atoms with Gasteiger partial charge in [0.1, 0.15) is 17.1 Å². The van der Waals surface area contributed by atoms with Gasteiger partial charge in [-0.05, 0) is 62.8 Å². The van der Waals surface area contributed by atoms with E-state index in [0.29, 0.717) is 17.6 Å². The Bertz CT molecular complexity index is 555. The van der Waals surface area contributed by atoms with Gasteiger partial charge >= 0.3 is 0 Å². The second-order valence-corrected chi connectivity index (χ2v) is 6.59. The van der Waals surface area contributed by atoms with Crippen LogP contribution in [0, 0.1) is 18.8 Å². The van der Waals surface area contributed by atoms with Gasteiger partial charge in [0.15, 0.2) is 0 Å². The lowest BCUT2D eigenvalue weighted by Gasteiger charge is -2.44. The SMILES string of the molecule is Cc1cc(O)c2c(c1)OC(C)(C)C1CC[C@H](C)C=C21. The number of phenols is 1. The molecule has 1 N–H and O–H groups in total. The highest BCUT2D eigenvalue weighted by Crippen LogP contribution is 2.52. The van der Waals surface area contributed by atoms with Gasteiger partial charge in [0.05, 0.1) is 5.56 Å². The molecule has 0 aromatic heterocycles. The number of allylic oxidation sites excluding steroid dienone is 1. The zero-order valence-corrected chi connectivity index (χ0v) is 12.2. The highest BCUT2D eigenvalue weighted by atomic mass is 16.5. The summed E-state index contributed by atoms with van der Waals surface area (Å²) < 4.78 is 6.18. The average Bonchev–Trinajstić information content (AvgIpc) is 2.25. The van der Waals surface area contributed by atoms with Gasteiger partial charge in [-0.15, -0.1) is 0 Å². The molecule has 0 amide bonds. The molecule has 1 unspecified atom stereocenters. The Morgan fingerprint density at radius 3 is 2.74 bits per heavy atom. The Morgan fingerprint density at radius 2 is 2.00 bits per heavy atom. The lowest BCUT2D eigenvalue weighted by Crippen LogP contribution is -2.42. The van der Waals surface area contributed by atoms with E-state index in [0.717, 1.165) is 23.3 Å². The largest absolute Gasteiger partial charge is 0.507 e. The first-order valence-corrected chi connectivity index (χ1v) is 7.13. The minimum Gasteiger partial charge on any atom is -0.507 e. The Labute approximate surface area is 115 Å². The van der Waals surface area contributed by atoms with Crippen molar-refractivity contribution in [3.8, 4) is 11.5 Å². The zero-order valence-electron chi connectivity index (χ0n) is 12.2. The molecule has 2 aliphatic rings. The molecule has 1 aliphatic heterocycles. The third kappa shape index (κ3) is 1.94. The van der Waals surface area contributed by atoms with Crippen LogP contribution < -0.4 is 4.74 Å². The average molecular weight is 258 g/mol. The molecule has 0 bridgehead atoms. The maximum atomic E-state index is 10.3. The number of ether oxygens (including phenoxy) is 1. The van der Waals surface area contributed by atoms with Crippen LogP contribution >= 0.6 is 0 Å². The molecule has 102 valence electrons. The normalized spacial score (nSPS) is 27.9. The monoisotopic (exact) mass is 258 g/mol. The van der Waals surface area contributed by atoms with E-state index in [1.807, 2.05) is 19.1 Å². The smallest absolute Gasteiger partial charge is 0.131 e. The number of fused-ring (bicyclic) bond motifs is 3. The van der Waals surface area contributed by atoms with Crippen molar-refractivity contribution in [1.29, 1.82) is 0 Å². The van der Waals surface area contributed by atoms with Gasteiger partial charge in [0.25, 0.3) is 0 Å². The molecule has 0 radical (unpaired) electrons. The maximum Gasteiger partial charge on any atom is 0.131 e. The summed E-state index contributed by atoms with van der Waals surface area (Å²) in [6.45, 7) is 8.55. The molecule has 3 rings (SSSR count). The molecule has 2 heteroatoms. The molecule has 2 atom stereocenters. The number of aromatic hydroxyl groups is 1. The van der Waals surface area contributed by atoms with Gasteiger partial charge in [-0.3, -0.25) is 0 Å². The van der Waals surface area contributed by atoms with E-state index in [4.69, 9.17) is 4.74 Å². The van der Waals surface area contributed by atoms with Crippen LogP contribution in [0.4, 0.5) is 0 Å². The Kier molecular flexibility index (Phi) is 2.67. The van der Waals surface area contributed by atoms with Crippen molar-refractivity contribution in [3.05, 3.63) is 29.3 Å². The third-order valence-electron chi connectivity index (χ3n) is 4.48. The maximum absolute atomic E-state index is 10.3. The molecule has 2 nitrogen and oxygen atoms in total. The van der Waals surface area contributed by atoms with Gasteiger partial charge in [-0.1, -0.05) is 13.0 Å². The molecule has 1 aromatic carbocycles. The second kappa shape index (κ2) is 4.03. The summed E-state index contributed by atoms with van der Waals surface area (Å²) in [5.74, 6) is 2.15. The minimum atomic E-state index is -0.195. The van der Waals surface area contributed by atoms with E-state index in [1.165, 1.54) is 12.0 Å². The molecule has 19 heavy (non-hydrogen) atoms. The van der Waals surface area contributed by atoms with Crippen LogP contribution in [0.3, 0.4) is 0 Å². The van der Waals surface area contributed by atoms with Crippen LogP contribution in [0.1, 0.15) is 44.7 Å². The molecular formula is C17H22O2. The second-order valence-electron chi connectivity index (χ2n) is 6.59. The van der Waals surface area contributed by atoms with Crippen molar-refractivity contribution in [2.45, 2.75) is 46.1 Å². The first-order valence-electron chi connectivity index (χ1n) is 7.13. The molecule has 0 fully saturated rings. The lowest BCUT2D eigenvalue weighted by molar-refractivity contribution is 0.0511. The first-order chi connectivity index (χ1) is 8.88. The fraction of sp³-hybridized carbons (Fsp3) is 0.529. The van der Waals surface area contributed by atoms with E-state index < -0.39 is 0 Å². The number of phenolic OH excluding ortho intramolecular Hbond substituents is 1. The predicted octanol–water partition coefficient (Wildman–Crippen LogP) is 4.30. The lowest BCUT2D eigenvalue weighted by atomic mass is 9.70. The highest BCUT2D eigenvalue weighted by molar-refractivity contribution is 5.80. The van der Waals surface area contributed by atoms with Crippen molar-refractivity contribution >= 4 is 5.57 Å². The zero-order chi connectivity index (χ0) is 13.8. The molecule has 1 aromatic rings. The number of benzene rings is 1. The summed E-state index contributed by atoms with van der Waals surface area (Å²) in [4.78, 5) is 0. The number of hydrogen-bond donors (Lipinski definition) is 1. The summed E-state index contributed by atoms with van der Waals surface area (Å²) in [5.41, 5.74) is 3.04. The van der Waals surface area contributed by atoms with Crippen LogP contribution in [-0.2, 0) is 0 Å². The van der Waals surface area contributed by atoms with Crippen LogP contribution in [0.2, 0.25) is 0 Å². The fourth-order valence-electron chi connectivity index (χ4n) is 3.53. The van der Waals surface area contributed by atoms with E-state index in [9.17, 15) is 5.11 Å². The summed E-state index contributed by atoms with van der Waals surface area (Å²) >= 11 is 0. The van der Waals surface area contributed by atoms with Crippen molar-refractivity contribution < 1.29 is 9.84 Å². The molecule has 1 heterocycles. The predicted molar refractivity (Wildman–Crippen MR) is 77.4 cm³/mol. The van der Waals surface area contributed by atoms with E-state index >= 15 is 0 Å². The number of aryl methyl sites for hydroxylation is 1. The van der Waals surface area contributed by atoms with Crippen LogP contribution in [-0.4, -0.2) is 10.7 Å². The van der Waals surface area contributed by atoms with Gasteiger partial charge in [0.2, 0.25) is 0 Å². The number of rotatable bonds is 0. The Morgan fingerprint density at radius 1 is 1.26 bits per heavy atom. The van der Waals surface area contributed by atoms with Gasteiger partial charge in [-0.2, -0.15) is 0 Å². The van der Waals surface area contributed by atoms with E-state index in [-0.39, 0.29) is 5.60 Å². The molecule has 0 saturated heterocycles. The van der Waals surface area contributed by atoms with Gasteiger partial charge < -0.3 is 9.84 Å². The third-order valence-corrected chi connectivity index (χ3v) is 4.48. The summed E-state index contributed by atoms with van der Waals surface area (Å²) in [6.07, 6.45) is 4.65. The van der Waals surface area contributed by atoms with Gasteiger partial charge in [0, 0.05) is 5.92 Å². The quantitative estimate of drug-likeness (QED) is 0.751. The summed E-state index contributed by atoms with van der Waals surface area (Å²) in [5, 5.41) is 10.3. The van der Waals surface area contributed by atoms with Crippen molar-refractivity contribution in [2.24, 2.45) is 11.8 Å². The first kappa shape index (κ1) is 12.6. The van der Waals surface area contributed by atoms with Crippen molar-refractivity contribution in [3.63, 3.8) is 0 Å². The Hall–Kier alpha value is -1.44. The molecule has 1 aliphatic carbocycles. The van der Waals surface area contributed by atoms with E-state index in [2.05, 4.69) is 26.8 Å². The van der Waals surface area contributed by atoms with Crippen LogP contribution in [0.5, 0.6) is 11.5 Å². The van der Waals surface area contributed by atoms with Crippen LogP contribution in [0.15, 0.2) is 18.2 Å².